The Morgan fingerprint density at radius 2 is 2.31 bits per heavy atom. The van der Waals surface area contributed by atoms with Crippen LogP contribution in [-0.2, 0) is 0 Å². The topological polar surface area (TPSA) is 36.4 Å². The average Bonchev–Trinajstić information content (AvgIpc) is 2.15. The quantitative estimate of drug-likeness (QED) is 0.753. The van der Waals surface area contributed by atoms with Gasteiger partial charge in [-0.1, -0.05) is 6.07 Å². The summed E-state index contributed by atoms with van der Waals surface area (Å²) in [7, 11) is 3.99. The smallest absolute Gasteiger partial charge is 0.0817 e. The van der Waals surface area contributed by atoms with Crippen LogP contribution in [0.15, 0.2) is 24.5 Å². The van der Waals surface area contributed by atoms with Crippen molar-refractivity contribution >= 4 is 0 Å². The summed E-state index contributed by atoms with van der Waals surface area (Å²) >= 11 is 0. The summed E-state index contributed by atoms with van der Waals surface area (Å²) in [5, 5.41) is 9.70. The Morgan fingerprint density at radius 1 is 1.54 bits per heavy atom. The van der Waals surface area contributed by atoms with Gasteiger partial charge in [0.2, 0.25) is 0 Å². The lowest BCUT2D eigenvalue weighted by molar-refractivity contribution is 0.154. The lowest BCUT2D eigenvalue weighted by Crippen LogP contribution is -2.15. The Balaban J connectivity index is 2.44. The molecular formula is C10H16N2O. The van der Waals surface area contributed by atoms with Crippen LogP contribution in [0.4, 0.5) is 0 Å². The average molecular weight is 180 g/mol. The molecule has 0 amide bonds. The van der Waals surface area contributed by atoms with Crippen LogP contribution in [0.5, 0.6) is 0 Å². The number of aromatic nitrogens is 1. The van der Waals surface area contributed by atoms with Gasteiger partial charge >= 0.3 is 0 Å². The van der Waals surface area contributed by atoms with Gasteiger partial charge in [-0.25, -0.2) is 0 Å². The van der Waals surface area contributed by atoms with E-state index in [2.05, 4.69) is 9.88 Å². The van der Waals surface area contributed by atoms with E-state index in [9.17, 15) is 5.11 Å². The maximum absolute atomic E-state index is 9.70. The van der Waals surface area contributed by atoms with E-state index in [0.29, 0.717) is 0 Å². The Hall–Kier alpha value is -0.930. The van der Waals surface area contributed by atoms with Gasteiger partial charge in [-0.15, -0.1) is 0 Å². The first-order chi connectivity index (χ1) is 6.20. The molecule has 0 aliphatic rings. The van der Waals surface area contributed by atoms with Gasteiger partial charge in [-0.05, 0) is 32.1 Å². The number of aliphatic hydroxyl groups is 1. The summed E-state index contributed by atoms with van der Waals surface area (Å²) in [5.74, 6) is 0. The molecule has 0 radical (unpaired) electrons. The lowest BCUT2D eigenvalue weighted by Gasteiger charge is -2.13. The van der Waals surface area contributed by atoms with Gasteiger partial charge in [0.25, 0.3) is 0 Å². The van der Waals surface area contributed by atoms with Crippen LogP contribution in [0.1, 0.15) is 18.1 Å². The molecule has 1 aromatic heterocycles. The predicted octanol–water partition coefficient (Wildman–Crippen LogP) is 1.07. The highest BCUT2D eigenvalue weighted by Crippen LogP contribution is 2.14. The predicted molar refractivity (Wildman–Crippen MR) is 52.4 cm³/mol. The highest BCUT2D eigenvalue weighted by atomic mass is 16.3. The molecule has 1 N–H and O–H groups in total. The molecule has 0 aliphatic carbocycles. The van der Waals surface area contributed by atoms with Crippen molar-refractivity contribution in [2.24, 2.45) is 0 Å². The van der Waals surface area contributed by atoms with Crippen molar-refractivity contribution in [2.45, 2.75) is 12.5 Å². The Kier molecular flexibility index (Phi) is 3.86. The summed E-state index contributed by atoms with van der Waals surface area (Å²) in [6.45, 7) is 0.885. The van der Waals surface area contributed by atoms with E-state index in [0.717, 1.165) is 18.5 Å². The van der Waals surface area contributed by atoms with Gasteiger partial charge in [-0.2, -0.15) is 0 Å². The van der Waals surface area contributed by atoms with E-state index in [4.69, 9.17) is 0 Å². The van der Waals surface area contributed by atoms with Crippen LogP contribution < -0.4 is 0 Å². The fourth-order valence-corrected chi connectivity index (χ4v) is 1.12. The highest BCUT2D eigenvalue weighted by molar-refractivity contribution is 5.11. The van der Waals surface area contributed by atoms with E-state index in [-0.39, 0.29) is 0 Å². The van der Waals surface area contributed by atoms with Crippen molar-refractivity contribution in [1.29, 1.82) is 0 Å². The van der Waals surface area contributed by atoms with E-state index in [1.165, 1.54) is 0 Å². The maximum Gasteiger partial charge on any atom is 0.0817 e. The van der Waals surface area contributed by atoms with Gasteiger partial charge in [0.15, 0.2) is 0 Å². The number of aliphatic hydroxyl groups excluding tert-OH is 1. The molecule has 1 rings (SSSR count). The molecule has 1 unspecified atom stereocenters. The van der Waals surface area contributed by atoms with Crippen LogP contribution >= 0.6 is 0 Å². The normalized spacial score (nSPS) is 13.2. The molecule has 13 heavy (non-hydrogen) atoms. The molecule has 3 nitrogen and oxygen atoms in total. The van der Waals surface area contributed by atoms with Crippen molar-refractivity contribution in [3.63, 3.8) is 0 Å². The summed E-state index contributed by atoms with van der Waals surface area (Å²) in [4.78, 5) is 6.01. The molecule has 0 fully saturated rings. The minimum Gasteiger partial charge on any atom is -0.388 e. The second kappa shape index (κ2) is 4.94. The minimum absolute atomic E-state index is 0.393. The molecule has 1 heterocycles. The van der Waals surface area contributed by atoms with Crippen molar-refractivity contribution in [3.8, 4) is 0 Å². The third-order valence-corrected chi connectivity index (χ3v) is 1.92. The summed E-state index contributed by atoms with van der Waals surface area (Å²) < 4.78 is 0. The van der Waals surface area contributed by atoms with Crippen molar-refractivity contribution in [3.05, 3.63) is 30.1 Å². The van der Waals surface area contributed by atoms with Gasteiger partial charge in [-0.3, -0.25) is 4.98 Å². The van der Waals surface area contributed by atoms with E-state index >= 15 is 0 Å². The zero-order chi connectivity index (χ0) is 9.68. The van der Waals surface area contributed by atoms with Gasteiger partial charge in [0.1, 0.15) is 0 Å². The SMILES string of the molecule is CN(C)CCC(O)c1cccnc1. The zero-order valence-corrected chi connectivity index (χ0v) is 8.14. The van der Waals surface area contributed by atoms with Gasteiger partial charge < -0.3 is 10.0 Å². The molecule has 0 saturated carbocycles. The fraction of sp³-hybridized carbons (Fsp3) is 0.500. The van der Waals surface area contributed by atoms with Crippen LogP contribution in [0.2, 0.25) is 0 Å². The Morgan fingerprint density at radius 3 is 2.85 bits per heavy atom. The molecule has 0 spiro atoms. The number of rotatable bonds is 4. The summed E-state index contributed by atoms with van der Waals surface area (Å²) in [6, 6.07) is 3.74. The molecule has 0 bridgehead atoms. The monoisotopic (exact) mass is 180 g/mol. The van der Waals surface area contributed by atoms with Crippen LogP contribution in [0.3, 0.4) is 0 Å². The van der Waals surface area contributed by atoms with Crippen molar-refractivity contribution < 1.29 is 5.11 Å². The number of hydrogen-bond donors (Lipinski definition) is 1. The standard InChI is InChI=1S/C10H16N2O/c1-12(2)7-5-10(13)9-4-3-6-11-8-9/h3-4,6,8,10,13H,5,7H2,1-2H3. The largest absolute Gasteiger partial charge is 0.388 e. The summed E-state index contributed by atoms with van der Waals surface area (Å²) in [5.41, 5.74) is 0.893. The minimum atomic E-state index is -0.393. The lowest BCUT2D eigenvalue weighted by atomic mass is 10.1. The zero-order valence-electron chi connectivity index (χ0n) is 8.14. The van der Waals surface area contributed by atoms with E-state index in [1.807, 2.05) is 26.2 Å². The Bertz CT molecular complexity index is 236. The van der Waals surface area contributed by atoms with Crippen LogP contribution in [0.25, 0.3) is 0 Å². The second-order valence-electron chi connectivity index (χ2n) is 3.39. The molecule has 1 atom stereocenters. The van der Waals surface area contributed by atoms with Crippen LogP contribution in [-0.4, -0.2) is 35.6 Å². The fourth-order valence-electron chi connectivity index (χ4n) is 1.12. The number of pyridine rings is 1. The molecule has 72 valence electrons. The molecule has 0 saturated heterocycles. The molecule has 1 aromatic rings. The number of hydrogen-bond acceptors (Lipinski definition) is 3. The molecule has 3 heteroatoms. The molecule has 0 aromatic carbocycles. The van der Waals surface area contributed by atoms with Crippen molar-refractivity contribution in [1.82, 2.24) is 9.88 Å². The summed E-state index contributed by atoms with van der Waals surface area (Å²) in [6.07, 6.45) is 3.78. The number of nitrogens with zero attached hydrogens (tertiary/aromatic N) is 2. The second-order valence-corrected chi connectivity index (χ2v) is 3.39. The van der Waals surface area contributed by atoms with Gasteiger partial charge in [0.05, 0.1) is 6.10 Å². The van der Waals surface area contributed by atoms with Gasteiger partial charge in [0, 0.05) is 18.9 Å². The van der Waals surface area contributed by atoms with Crippen molar-refractivity contribution in [2.75, 3.05) is 20.6 Å². The first-order valence-corrected chi connectivity index (χ1v) is 4.43. The Labute approximate surface area is 79.0 Å². The molecule has 0 aliphatic heterocycles. The third-order valence-electron chi connectivity index (χ3n) is 1.92. The maximum atomic E-state index is 9.70. The first kappa shape index (κ1) is 10.2. The first-order valence-electron chi connectivity index (χ1n) is 4.43. The highest BCUT2D eigenvalue weighted by Gasteiger charge is 2.06. The van der Waals surface area contributed by atoms with E-state index < -0.39 is 6.10 Å². The van der Waals surface area contributed by atoms with Crippen LogP contribution in [0, 0.1) is 0 Å². The molecular weight excluding hydrogens is 164 g/mol. The van der Waals surface area contributed by atoms with E-state index in [1.54, 1.807) is 12.4 Å². The third kappa shape index (κ3) is 3.53.